The standard InChI is InChI=1S/C11H13IO4/c1-8(13)15-6-9-3-4-11(10(12)5-9)16-7-14-2/h3-5H,6-7H2,1-2H3. The number of hydrogen-bond acceptors (Lipinski definition) is 4. The van der Waals surface area contributed by atoms with Gasteiger partial charge >= 0.3 is 5.97 Å². The van der Waals surface area contributed by atoms with E-state index in [0.29, 0.717) is 0 Å². The Bertz CT molecular complexity index is 365. The smallest absolute Gasteiger partial charge is 0.302 e. The first-order valence-corrected chi connectivity index (χ1v) is 5.75. The lowest BCUT2D eigenvalue weighted by molar-refractivity contribution is -0.142. The second kappa shape index (κ2) is 6.70. The van der Waals surface area contributed by atoms with Crippen molar-refractivity contribution in [3.63, 3.8) is 0 Å². The molecule has 0 amide bonds. The minimum absolute atomic E-state index is 0.222. The van der Waals surface area contributed by atoms with Crippen LogP contribution in [0.4, 0.5) is 0 Å². The Morgan fingerprint density at radius 2 is 2.19 bits per heavy atom. The molecule has 0 radical (unpaired) electrons. The van der Waals surface area contributed by atoms with Crippen molar-refractivity contribution < 1.29 is 19.0 Å². The van der Waals surface area contributed by atoms with E-state index in [1.807, 2.05) is 18.2 Å². The van der Waals surface area contributed by atoms with Gasteiger partial charge in [-0.3, -0.25) is 4.79 Å². The molecule has 0 fully saturated rings. The van der Waals surface area contributed by atoms with E-state index >= 15 is 0 Å². The Morgan fingerprint density at radius 1 is 1.44 bits per heavy atom. The molecule has 0 atom stereocenters. The quantitative estimate of drug-likeness (QED) is 0.470. The van der Waals surface area contributed by atoms with Gasteiger partial charge in [0.2, 0.25) is 0 Å². The molecule has 5 heteroatoms. The number of benzene rings is 1. The normalized spacial score (nSPS) is 9.94. The second-order valence-electron chi connectivity index (χ2n) is 3.10. The van der Waals surface area contributed by atoms with Gasteiger partial charge in [0.25, 0.3) is 0 Å². The summed E-state index contributed by atoms with van der Waals surface area (Å²) < 4.78 is 16.0. The van der Waals surface area contributed by atoms with Gasteiger partial charge in [-0.25, -0.2) is 0 Å². The van der Waals surface area contributed by atoms with Crippen LogP contribution in [0, 0.1) is 3.57 Å². The molecular formula is C11H13IO4. The molecule has 0 unspecified atom stereocenters. The van der Waals surface area contributed by atoms with Crippen molar-refractivity contribution in [2.75, 3.05) is 13.9 Å². The Balaban J connectivity index is 2.63. The maximum Gasteiger partial charge on any atom is 0.302 e. The molecule has 16 heavy (non-hydrogen) atoms. The highest BCUT2D eigenvalue weighted by Crippen LogP contribution is 2.22. The van der Waals surface area contributed by atoms with Crippen LogP contribution in [0.1, 0.15) is 12.5 Å². The highest BCUT2D eigenvalue weighted by atomic mass is 127. The summed E-state index contributed by atoms with van der Waals surface area (Å²) in [4.78, 5) is 10.6. The predicted octanol–water partition coefficient (Wildman–Crippen LogP) is 2.34. The van der Waals surface area contributed by atoms with Gasteiger partial charge in [0.1, 0.15) is 12.4 Å². The summed E-state index contributed by atoms with van der Waals surface area (Å²) in [6.45, 7) is 1.90. The number of rotatable bonds is 5. The van der Waals surface area contributed by atoms with Crippen molar-refractivity contribution in [2.45, 2.75) is 13.5 Å². The molecule has 0 aliphatic heterocycles. The highest BCUT2D eigenvalue weighted by molar-refractivity contribution is 14.1. The van der Waals surface area contributed by atoms with Crippen LogP contribution in [0.3, 0.4) is 0 Å². The molecule has 1 aromatic rings. The second-order valence-corrected chi connectivity index (χ2v) is 4.26. The third-order valence-corrected chi connectivity index (χ3v) is 2.61. The van der Waals surface area contributed by atoms with E-state index in [4.69, 9.17) is 14.2 Å². The summed E-state index contributed by atoms with van der Waals surface area (Å²) >= 11 is 2.16. The minimum Gasteiger partial charge on any atom is -0.466 e. The zero-order valence-electron chi connectivity index (χ0n) is 9.16. The first kappa shape index (κ1) is 13.2. The number of carbonyl (C=O) groups excluding carboxylic acids is 1. The summed E-state index contributed by atoms with van der Waals surface area (Å²) in [6, 6.07) is 5.60. The number of esters is 1. The fourth-order valence-electron chi connectivity index (χ4n) is 1.06. The van der Waals surface area contributed by atoms with Gasteiger partial charge in [-0.2, -0.15) is 0 Å². The average Bonchev–Trinajstić information content (AvgIpc) is 2.25. The Kier molecular flexibility index (Phi) is 5.54. The molecule has 0 saturated heterocycles. The number of ether oxygens (including phenoxy) is 3. The van der Waals surface area contributed by atoms with Crippen LogP contribution >= 0.6 is 22.6 Å². The van der Waals surface area contributed by atoms with Gasteiger partial charge in [0.05, 0.1) is 3.57 Å². The molecule has 1 rings (SSSR count). The van der Waals surface area contributed by atoms with Crippen LogP contribution in [-0.4, -0.2) is 19.9 Å². The summed E-state index contributed by atoms with van der Waals surface area (Å²) in [5.41, 5.74) is 0.935. The Labute approximate surface area is 108 Å². The largest absolute Gasteiger partial charge is 0.466 e. The van der Waals surface area contributed by atoms with Crippen LogP contribution in [-0.2, 0) is 20.9 Å². The van der Waals surface area contributed by atoms with Crippen LogP contribution in [0.15, 0.2) is 18.2 Å². The van der Waals surface area contributed by atoms with E-state index in [0.717, 1.165) is 14.9 Å². The van der Waals surface area contributed by atoms with Gasteiger partial charge in [-0.05, 0) is 40.3 Å². The lowest BCUT2D eigenvalue weighted by Gasteiger charge is -2.08. The zero-order valence-corrected chi connectivity index (χ0v) is 11.3. The number of hydrogen-bond donors (Lipinski definition) is 0. The van der Waals surface area contributed by atoms with Gasteiger partial charge in [-0.15, -0.1) is 0 Å². The van der Waals surface area contributed by atoms with Crippen molar-refractivity contribution in [3.05, 3.63) is 27.3 Å². The lowest BCUT2D eigenvalue weighted by atomic mass is 10.2. The molecule has 0 N–H and O–H groups in total. The van der Waals surface area contributed by atoms with E-state index in [1.165, 1.54) is 6.92 Å². The van der Waals surface area contributed by atoms with E-state index in [9.17, 15) is 4.79 Å². The number of carbonyl (C=O) groups is 1. The fourth-order valence-corrected chi connectivity index (χ4v) is 1.79. The van der Waals surface area contributed by atoms with E-state index in [2.05, 4.69) is 22.6 Å². The molecule has 0 heterocycles. The third kappa shape index (κ3) is 4.36. The van der Waals surface area contributed by atoms with Crippen LogP contribution in [0.25, 0.3) is 0 Å². The topological polar surface area (TPSA) is 44.8 Å². The zero-order chi connectivity index (χ0) is 12.0. The molecule has 0 spiro atoms. The van der Waals surface area contributed by atoms with Gasteiger partial charge in [0.15, 0.2) is 6.79 Å². The lowest BCUT2D eigenvalue weighted by Crippen LogP contribution is -2.02. The van der Waals surface area contributed by atoms with E-state index < -0.39 is 0 Å². The Morgan fingerprint density at radius 3 is 2.75 bits per heavy atom. The van der Waals surface area contributed by atoms with Crippen molar-refractivity contribution in [3.8, 4) is 5.75 Å². The number of halogens is 1. The number of methoxy groups -OCH3 is 1. The molecule has 88 valence electrons. The van der Waals surface area contributed by atoms with Gasteiger partial charge < -0.3 is 14.2 Å². The monoisotopic (exact) mass is 336 g/mol. The van der Waals surface area contributed by atoms with Crippen molar-refractivity contribution in [1.82, 2.24) is 0 Å². The Hall–Kier alpha value is -0.820. The van der Waals surface area contributed by atoms with Crippen LogP contribution < -0.4 is 4.74 Å². The molecule has 0 aliphatic rings. The van der Waals surface area contributed by atoms with Crippen molar-refractivity contribution in [1.29, 1.82) is 0 Å². The van der Waals surface area contributed by atoms with Crippen LogP contribution in [0.2, 0.25) is 0 Å². The minimum atomic E-state index is -0.283. The van der Waals surface area contributed by atoms with E-state index in [1.54, 1.807) is 7.11 Å². The fraction of sp³-hybridized carbons (Fsp3) is 0.364. The molecule has 0 bridgehead atoms. The van der Waals surface area contributed by atoms with Gasteiger partial charge in [-0.1, -0.05) is 6.07 Å². The van der Waals surface area contributed by atoms with Crippen molar-refractivity contribution >= 4 is 28.6 Å². The summed E-state index contributed by atoms with van der Waals surface area (Å²) in [5.74, 6) is 0.476. The molecule has 0 aromatic heterocycles. The average molecular weight is 336 g/mol. The van der Waals surface area contributed by atoms with Gasteiger partial charge in [0, 0.05) is 14.0 Å². The molecular weight excluding hydrogens is 323 g/mol. The summed E-state index contributed by atoms with van der Waals surface area (Å²) in [5, 5.41) is 0. The summed E-state index contributed by atoms with van der Waals surface area (Å²) in [7, 11) is 1.57. The first-order chi connectivity index (χ1) is 7.63. The maximum absolute atomic E-state index is 10.6. The van der Waals surface area contributed by atoms with Crippen LogP contribution in [0.5, 0.6) is 5.75 Å². The summed E-state index contributed by atoms with van der Waals surface area (Å²) in [6.07, 6.45) is 0. The third-order valence-electron chi connectivity index (χ3n) is 1.77. The van der Waals surface area contributed by atoms with E-state index in [-0.39, 0.29) is 19.4 Å². The molecule has 1 aromatic carbocycles. The first-order valence-electron chi connectivity index (χ1n) is 4.67. The molecule has 4 nitrogen and oxygen atoms in total. The molecule has 0 saturated carbocycles. The predicted molar refractivity (Wildman–Crippen MR) is 67.1 cm³/mol. The SMILES string of the molecule is COCOc1ccc(COC(C)=O)cc1I. The maximum atomic E-state index is 10.6. The van der Waals surface area contributed by atoms with Crippen molar-refractivity contribution in [2.24, 2.45) is 0 Å². The molecule has 0 aliphatic carbocycles. The highest BCUT2D eigenvalue weighted by Gasteiger charge is 2.03.